The highest BCUT2D eigenvalue weighted by atomic mass is 35.5. The van der Waals surface area contributed by atoms with Crippen molar-refractivity contribution >= 4 is 23.4 Å². The Morgan fingerprint density at radius 1 is 1.38 bits per heavy atom. The van der Waals surface area contributed by atoms with Gasteiger partial charge in [-0.1, -0.05) is 18.2 Å². The summed E-state index contributed by atoms with van der Waals surface area (Å²) in [5.74, 6) is 0.308. The van der Waals surface area contributed by atoms with E-state index in [1.807, 2.05) is 18.2 Å². The first-order valence-corrected chi connectivity index (χ1v) is 4.41. The van der Waals surface area contributed by atoms with Crippen LogP contribution in [0.5, 0.6) is 0 Å². The first-order chi connectivity index (χ1) is 6.33. The van der Waals surface area contributed by atoms with Crippen LogP contribution in [0.25, 0.3) is 0 Å². The van der Waals surface area contributed by atoms with E-state index in [4.69, 9.17) is 16.3 Å². The molecule has 0 aliphatic heterocycles. The van der Waals surface area contributed by atoms with Crippen molar-refractivity contribution in [1.29, 1.82) is 0 Å². The minimum atomic E-state index is -0.480. The van der Waals surface area contributed by atoms with E-state index in [2.05, 4.69) is 5.32 Å². The van der Waals surface area contributed by atoms with Gasteiger partial charge in [0.2, 0.25) is 0 Å². The second kappa shape index (κ2) is 5.43. The lowest BCUT2D eigenvalue weighted by atomic mass is 10.3. The van der Waals surface area contributed by atoms with Crippen LogP contribution in [0.15, 0.2) is 30.3 Å². The van der Waals surface area contributed by atoms with Gasteiger partial charge in [-0.2, -0.15) is 0 Å². The highest BCUT2D eigenvalue weighted by Crippen LogP contribution is 2.04. The first-order valence-electron chi connectivity index (χ1n) is 3.87. The summed E-state index contributed by atoms with van der Waals surface area (Å²) in [6.45, 7) is 0.222. The molecule has 0 aromatic heterocycles. The van der Waals surface area contributed by atoms with Gasteiger partial charge in [0.1, 0.15) is 6.61 Å². The minimum Gasteiger partial charge on any atom is -0.448 e. The van der Waals surface area contributed by atoms with E-state index in [1.165, 1.54) is 0 Å². The molecule has 4 heteroatoms. The van der Waals surface area contributed by atoms with Gasteiger partial charge in [0.15, 0.2) is 0 Å². The van der Waals surface area contributed by atoms with Gasteiger partial charge < -0.3 is 4.74 Å². The summed E-state index contributed by atoms with van der Waals surface area (Å²) in [5.41, 5.74) is 0.710. The van der Waals surface area contributed by atoms with E-state index in [-0.39, 0.29) is 6.61 Å². The number of hydrogen-bond acceptors (Lipinski definition) is 2. The lowest BCUT2D eigenvalue weighted by molar-refractivity contribution is 0.168. The normalized spacial score (nSPS) is 9.31. The van der Waals surface area contributed by atoms with Crippen molar-refractivity contribution in [2.24, 2.45) is 0 Å². The maximum Gasteiger partial charge on any atom is 0.411 e. The molecule has 3 nitrogen and oxygen atoms in total. The number of halogens is 1. The molecular formula is C9H10ClNO2. The van der Waals surface area contributed by atoms with Gasteiger partial charge in [-0.05, 0) is 12.1 Å². The molecule has 1 rings (SSSR count). The molecule has 0 heterocycles. The Hall–Kier alpha value is -1.22. The SMILES string of the molecule is O=C(Nc1ccccc1)OCCCl. The molecule has 0 saturated carbocycles. The van der Waals surface area contributed by atoms with Crippen molar-refractivity contribution in [1.82, 2.24) is 0 Å². The van der Waals surface area contributed by atoms with Crippen molar-refractivity contribution in [2.45, 2.75) is 0 Å². The predicted octanol–water partition coefficient (Wildman–Crippen LogP) is 2.47. The number of anilines is 1. The van der Waals surface area contributed by atoms with Crippen LogP contribution in [0.3, 0.4) is 0 Å². The van der Waals surface area contributed by atoms with Gasteiger partial charge in [0.05, 0.1) is 5.88 Å². The summed E-state index contributed by atoms with van der Waals surface area (Å²) in [6, 6.07) is 9.09. The van der Waals surface area contributed by atoms with Crippen LogP contribution in [0.4, 0.5) is 10.5 Å². The first kappa shape index (κ1) is 9.86. The van der Waals surface area contributed by atoms with Gasteiger partial charge in [-0.15, -0.1) is 11.6 Å². The van der Waals surface area contributed by atoms with Gasteiger partial charge in [-0.3, -0.25) is 5.32 Å². The predicted molar refractivity (Wildman–Crippen MR) is 52.1 cm³/mol. The van der Waals surface area contributed by atoms with Crippen LogP contribution in [-0.4, -0.2) is 18.6 Å². The molecule has 0 atom stereocenters. The van der Waals surface area contributed by atoms with E-state index < -0.39 is 6.09 Å². The monoisotopic (exact) mass is 199 g/mol. The number of para-hydroxylation sites is 1. The number of benzene rings is 1. The van der Waals surface area contributed by atoms with E-state index in [1.54, 1.807) is 12.1 Å². The number of ether oxygens (including phenoxy) is 1. The topological polar surface area (TPSA) is 38.3 Å². The lowest BCUT2D eigenvalue weighted by Crippen LogP contribution is -2.14. The zero-order chi connectivity index (χ0) is 9.52. The highest BCUT2D eigenvalue weighted by Gasteiger charge is 2.00. The Balaban J connectivity index is 2.37. The number of carbonyl (C=O) groups excluding carboxylic acids is 1. The Morgan fingerprint density at radius 2 is 2.08 bits per heavy atom. The van der Waals surface area contributed by atoms with E-state index in [0.29, 0.717) is 11.6 Å². The molecular weight excluding hydrogens is 190 g/mol. The molecule has 0 aliphatic rings. The van der Waals surface area contributed by atoms with E-state index in [0.717, 1.165) is 0 Å². The molecule has 1 amide bonds. The third-order valence-corrected chi connectivity index (χ3v) is 1.48. The van der Waals surface area contributed by atoms with E-state index in [9.17, 15) is 4.79 Å². The smallest absolute Gasteiger partial charge is 0.411 e. The summed E-state index contributed by atoms with van der Waals surface area (Å²) < 4.78 is 4.71. The van der Waals surface area contributed by atoms with Crippen LogP contribution in [0, 0.1) is 0 Å². The van der Waals surface area contributed by atoms with Crippen LogP contribution >= 0.6 is 11.6 Å². The maximum atomic E-state index is 11.0. The van der Waals surface area contributed by atoms with Gasteiger partial charge in [-0.25, -0.2) is 4.79 Å². The molecule has 1 aromatic rings. The van der Waals surface area contributed by atoms with Gasteiger partial charge >= 0.3 is 6.09 Å². The van der Waals surface area contributed by atoms with Crippen LogP contribution < -0.4 is 5.32 Å². The van der Waals surface area contributed by atoms with Gasteiger partial charge in [0.25, 0.3) is 0 Å². The molecule has 13 heavy (non-hydrogen) atoms. The number of amides is 1. The van der Waals surface area contributed by atoms with Crippen molar-refractivity contribution in [3.8, 4) is 0 Å². The standard InChI is InChI=1S/C9H10ClNO2/c10-6-7-13-9(12)11-8-4-2-1-3-5-8/h1-5H,6-7H2,(H,11,12). The van der Waals surface area contributed by atoms with Gasteiger partial charge in [0, 0.05) is 5.69 Å². The maximum absolute atomic E-state index is 11.0. The summed E-state index contributed by atoms with van der Waals surface area (Å²) in [5, 5.41) is 2.56. The molecule has 70 valence electrons. The Kier molecular flexibility index (Phi) is 4.12. The second-order valence-electron chi connectivity index (χ2n) is 2.32. The van der Waals surface area contributed by atoms with Crippen LogP contribution in [0.2, 0.25) is 0 Å². The average molecular weight is 200 g/mol. The fourth-order valence-electron chi connectivity index (χ4n) is 0.807. The summed E-state index contributed by atoms with van der Waals surface area (Å²) >= 11 is 5.34. The minimum absolute atomic E-state index is 0.222. The third-order valence-electron chi connectivity index (χ3n) is 1.33. The molecule has 0 radical (unpaired) electrons. The lowest BCUT2D eigenvalue weighted by Gasteiger charge is -2.04. The Morgan fingerprint density at radius 3 is 2.69 bits per heavy atom. The molecule has 0 spiro atoms. The van der Waals surface area contributed by atoms with Crippen molar-refractivity contribution in [3.05, 3.63) is 30.3 Å². The molecule has 0 fully saturated rings. The fraction of sp³-hybridized carbons (Fsp3) is 0.222. The summed E-state index contributed by atoms with van der Waals surface area (Å²) in [7, 11) is 0. The van der Waals surface area contributed by atoms with Crippen molar-refractivity contribution in [3.63, 3.8) is 0 Å². The number of nitrogens with one attached hydrogen (secondary N) is 1. The van der Waals surface area contributed by atoms with E-state index >= 15 is 0 Å². The molecule has 1 aromatic carbocycles. The number of rotatable bonds is 3. The highest BCUT2D eigenvalue weighted by molar-refractivity contribution is 6.18. The molecule has 1 N–H and O–H groups in total. The molecule has 0 bridgehead atoms. The summed E-state index contributed by atoms with van der Waals surface area (Å²) in [6.07, 6.45) is -0.480. The van der Waals surface area contributed by atoms with Crippen molar-refractivity contribution < 1.29 is 9.53 Å². The fourth-order valence-corrected chi connectivity index (χ4v) is 0.884. The van der Waals surface area contributed by atoms with Crippen LogP contribution in [0.1, 0.15) is 0 Å². The Bertz CT molecular complexity index is 264. The number of carbonyl (C=O) groups is 1. The zero-order valence-corrected chi connectivity index (χ0v) is 7.75. The molecule has 0 saturated heterocycles. The number of hydrogen-bond donors (Lipinski definition) is 1. The van der Waals surface area contributed by atoms with Crippen LogP contribution in [-0.2, 0) is 4.74 Å². The summed E-state index contributed by atoms with van der Waals surface area (Å²) in [4.78, 5) is 11.0. The number of alkyl halides is 1. The quantitative estimate of drug-likeness (QED) is 0.760. The third kappa shape index (κ3) is 3.80. The molecule has 0 unspecified atom stereocenters. The van der Waals surface area contributed by atoms with Crippen molar-refractivity contribution in [2.75, 3.05) is 17.8 Å². The second-order valence-corrected chi connectivity index (χ2v) is 2.69. The molecule has 0 aliphatic carbocycles. The largest absolute Gasteiger partial charge is 0.448 e. The Labute approximate surface area is 81.7 Å². The zero-order valence-electron chi connectivity index (χ0n) is 7.00. The average Bonchev–Trinajstić information content (AvgIpc) is 2.16.